The van der Waals surface area contributed by atoms with E-state index in [-0.39, 0.29) is 29.7 Å². The topological polar surface area (TPSA) is 111 Å². The van der Waals surface area contributed by atoms with E-state index in [1.165, 1.54) is 7.11 Å². The Morgan fingerprint density at radius 2 is 1.67 bits per heavy atom. The van der Waals surface area contributed by atoms with Crippen molar-refractivity contribution in [2.24, 2.45) is 0 Å². The molecule has 9 nitrogen and oxygen atoms in total. The number of methoxy groups -OCH3 is 1. The largest absolute Gasteiger partial charge is 0.493 e. The lowest BCUT2D eigenvalue weighted by atomic mass is 10.1. The highest BCUT2D eigenvalue weighted by Crippen LogP contribution is 2.35. The highest BCUT2D eigenvalue weighted by Gasteiger charge is 2.36. The Morgan fingerprint density at radius 3 is 2.41 bits per heavy atom. The number of rotatable bonds is 11. The number of carbonyl (C=O) groups is 4. The van der Waals surface area contributed by atoms with Crippen LogP contribution < -0.4 is 19.5 Å². The van der Waals surface area contributed by atoms with Gasteiger partial charge in [-0.1, -0.05) is 48.5 Å². The summed E-state index contributed by atoms with van der Waals surface area (Å²) in [5.41, 5.74) is 1.54. The van der Waals surface area contributed by atoms with Crippen LogP contribution in [0.4, 0.5) is 10.5 Å². The maximum atomic E-state index is 12.9. The second-order valence-electron chi connectivity index (χ2n) is 8.23. The first-order valence-electron chi connectivity index (χ1n) is 12.1. The number of nitrogens with zero attached hydrogens (tertiary/aromatic N) is 1. The number of para-hydroxylation sites is 2. The number of hydrogen-bond donors (Lipinski definition) is 1. The molecule has 200 valence electrons. The molecule has 3 aromatic carbocycles. The molecule has 0 aromatic heterocycles. The van der Waals surface area contributed by atoms with Crippen molar-refractivity contribution in [3.63, 3.8) is 0 Å². The molecule has 0 unspecified atom stereocenters. The van der Waals surface area contributed by atoms with Gasteiger partial charge in [-0.25, -0.2) is 0 Å². The predicted octanol–water partition coefficient (Wildman–Crippen LogP) is 5.03. The monoisotopic (exact) mass is 546 g/mol. The fraction of sp³-hybridized carbons (Fsp3) is 0.172. The van der Waals surface area contributed by atoms with E-state index in [0.29, 0.717) is 40.7 Å². The van der Waals surface area contributed by atoms with E-state index in [9.17, 15) is 19.2 Å². The molecule has 3 amide bonds. The number of anilines is 1. The van der Waals surface area contributed by atoms with Gasteiger partial charge in [-0.3, -0.25) is 24.1 Å². The summed E-state index contributed by atoms with van der Waals surface area (Å²) in [6.45, 7) is 1.71. The molecule has 1 heterocycles. The molecule has 1 aliphatic rings. The van der Waals surface area contributed by atoms with Gasteiger partial charge < -0.3 is 19.5 Å². The third kappa shape index (κ3) is 6.85. The fourth-order valence-electron chi connectivity index (χ4n) is 3.72. The molecule has 0 atom stereocenters. The molecule has 1 fully saturated rings. The number of Topliss-reactive ketones (excluding diaryl/α,β-unsaturated/α-hetero) is 1. The van der Waals surface area contributed by atoms with Crippen molar-refractivity contribution in [3.05, 3.63) is 88.8 Å². The van der Waals surface area contributed by atoms with Gasteiger partial charge in [-0.2, -0.15) is 0 Å². The predicted molar refractivity (Wildman–Crippen MR) is 148 cm³/mol. The van der Waals surface area contributed by atoms with Crippen LogP contribution in [-0.4, -0.2) is 54.6 Å². The van der Waals surface area contributed by atoms with E-state index < -0.39 is 11.1 Å². The zero-order valence-electron chi connectivity index (χ0n) is 21.3. The van der Waals surface area contributed by atoms with Crippen LogP contribution in [0.5, 0.6) is 17.2 Å². The van der Waals surface area contributed by atoms with Crippen molar-refractivity contribution >= 4 is 46.4 Å². The van der Waals surface area contributed by atoms with Gasteiger partial charge in [0.25, 0.3) is 17.1 Å². The van der Waals surface area contributed by atoms with Gasteiger partial charge in [0.15, 0.2) is 23.9 Å². The van der Waals surface area contributed by atoms with Gasteiger partial charge in [-0.15, -0.1) is 0 Å². The first-order chi connectivity index (χ1) is 18.9. The number of ketones is 1. The van der Waals surface area contributed by atoms with Gasteiger partial charge in [0, 0.05) is 5.56 Å². The Bertz CT molecular complexity index is 1420. The summed E-state index contributed by atoms with van der Waals surface area (Å²) in [5, 5.41) is 2.25. The Balaban J connectivity index is 1.40. The molecule has 0 radical (unpaired) electrons. The Labute approximate surface area is 229 Å². The van der Waals surface area contributed by atoms with Crippen LogP contribution in [-0.2, 0) is 9.59 Å². The number of imide groups is 1. The van der Waals surface area contributed by atoms with Gasteiger partial charge >= 0.3 is 0 Å². The Morgan fingerprint density at radius 1 is 0.923 bits per heavy atom. The molecule has 0 spiro atoms. The number of ether oxygens (including phenoxy) is 3. The van der Waals surface area contributed by atoms with E-state index in [1.54, 1.807) is 72.8 Å². The molecule has 4 rings (SSSR count). The number of thioether (sulfide) groups is 1. The summed E-state index contributed by atoms with van der Waals surface area (Å²) in [6, 6.07) is 20.5. The molecule has 0 aliphatic carbocycles. The van der Waals surface area contributed by atoms with Crippen molar-refractivity contribution in [1.82, 2.24) is 4.90 Å². The summed E-state index contributed by atoms with van der Waals surface area (Å²) in [4.78, 5) is 51.4. The molecular formula is C29H26N2O7S. The summed E-state index contributed by atoms with van der Waals surface area (Å²) in [6.07, 6.45) is 1.54. The SMILES string of the molecule is CCOc1ccccc1NC(=O)COc1ccc(C=C2SC(=O)N(CC(=O)c3ccccc3)C2=O)cc1OC. The molecule has 1 N–H and O–H groups in total. The van der Waals surface area contributed by atoms with Gasteiger partial charge in [0.2, 0.25) is 0 Å². The second kappa shape index (κ2) is 12.8. The van der Waals surface area contributed by atoms with E-state index >= 15 is 0 Å². The van der Waals surface area contributed by atoms with E-state index in [0.717, 1.165) is 16.7 Å². The van der Waals surface area contributed by atoms with Crippen LogP contribution in [0, 0.1) is 0 Å². The van der Waals surface area contributed by atoms with Crippen molar-refractivity contribution in [2.45, 2.75) is 6.92 Å². The van der Waals surface area contributed by atoms with Crippen molar-refractivity contribution in [1.29, 1.82) is 0 Å². The summed E-state index contributed by atoms with van der Waals surface area (Å²) < 4.78 is 16.6. The van der Waals surface area contributed by atoms with Crippen LogP contribution in [0.3, 0.4) is 0 Å². The third-order valence-corrected chi connectivity index (χ3v) is 6.48. The maximum Gasteiger partial charge on any atom is 0.293 e. The Kier molecular flexibility index (Phi) is 9.01. The second-order valence-corrected chi connectivity index (χ2v) is 9.23. The normalized spacial score (nSPS) is 13.9. The number of carbonyl (C=O) groups excluding carboxylic acids is 4. The summed E-state index contributed by atoms with van der Waals surface area (Å²) >= 11 is 0.762. The molecule has 1 aliphatic heterocycles. The fourth-order valence-corrected chi connectivity index (χ4v) is 4.56. The minimum atomic E-state index is -0.544. The van der Waals surface area contributed by atoms with Crippen molar-refractivity contribution in [2.75, 3.05) is 32.2 Å². The Hall–Kier alpha value is -4.57. The highest BCUT2D eigenvalue weighted by atomic mass is 32.2. The number of benzene rings is 3. The lowest BCUT2D eigenvalue weighted by Crippen LogP contribution is -2.33. The zero-order valence-corrected chi connectivity index (χ0v) is 22.2. The minimum absolute atomic E-state index is 0.184. The smallest absolute Gasteiger partial charge is 0.293 e. The molecule has 3 aromatic rings. The lowest BCUT2D eigenvalue weighted by molar-refractivity contribution is -0.122. The van der Waals surface area contributed by atoms with Crippen LogP contribution in [0.25, 0.3) is 6.08 Å². The van der Waals surface area contributed by atoms with E-state index in [2.05, 4.69) is 5.32 Å². The number of amides is 3. The van der Waals surface area contributed by atoms with Crippen LogP contribution in [0.1, 0.15) is 22.8 Å². The van der Waals surface area contributed by atoms with Crippen LogP contribution in [0.2, 0.25) is 0 Å². The molecular weight excluding hydrogens is 520 g/mol. The molecule has 10 heteroatoms. The number of nitrogens with one attached hydrogen (secondary N) is 1. The lowest BCUT2D eigenvalue weighted by Gasteiger charge is -2.13. The number of hydrogen-bond acceptors (Lipinski definition) is 8. The average Bonchev–Trinajstić information content (AvgIpc) is 3.21. The maximum absolute atomic E-state index is 12.9. The first kappa shape index (κ1) is 27.5. The van der Waals surface area contributed by atoms with Crippen molar-refractivity contribution < 1.29 is 33.4 Å². The zero-order chi connectivity index (χ0) is 27.8. The minimum Gasteiger partial charge on any atom is -0.493 e. The van der Waals surface area contributed by atoms with Gasteiger partial charge in [0.05, 0.1) is 30.9 Å². The molecule has 0 saturated carbocycles. The van der Waals surface area contributed by atoms with E-state index in [4.69, 9.17) is 14.2 Å². The summed E-state index contributed by atoms with van der Waals surface area (Å²) in [5.74, 6) is -0.0318. The van der Waals surface area contributed by atoms with Gasteiger partial charge in [-0.05, 0) is 54.6 Å². The molecule has 1 saturated heterocycles. The van der Waals surface area contributed by atoms with Gasteiger partial charge in [0.1, 0.15) is 5.75 Å². The molecule has 39 heavy (non-hydrogen) atoms. The highest BCUT2D eigenvalue weighted by molar-refractivity contribution is 8.18. The third-order valence-electron chi connectivity index (χ3n) is 5.58. The molecule has 0 bridgehead atoms. The summed E-state index contributed by atoms with van der Waals surface area (Å²) in [7, 11) is 1.45. The average molecular weight is 547 g/mol. The van der Waals surface area contributed by atoms with E-state index in [1.807, 2.05) is 13.0 Å². The quantitative estimate of drug-likeness (QED) is 0.263. The first-order valence-corrected chi connectivity index (χ1v) is 12.9. The van der Waals surface area contributed by atoms with Crippen LogP contribution >= 0.6 is 11.8 Å². The standard InChI is InChI=1S/C29H26N2O7S/c1-3-37-23-12-8-7-11-21(23)30-27(33)18-38-24-14-13-19(15-25(24)36-2)16-26-28(34)31(29(35)39-26)17-22(32)20-9-5-4-6-10-20/h4-16H,3,17-18H2,1-2H3,(H,30,33). The van der Waals surface area contributed by atoms with Crippen LogP contribution in [0.15, 0.2) is 77.7 Å². The van der Waals surface area contributed by atoms with Crippen molar-refractivity contribution in [3.8, 4) is 17.2 Å².